The third kappa shape index (κ3) is 2.99. The molecule has 1 aromatic heterocycles. The zero-order valence-electron chi connectivity index (χ0n) is 14.3. The Bertz CT molecular complexity index is 891. The number of aliphatic hydroxyl groups excluding tert-OH is 1. The second kappa shape index (κ2) is 6.46. The highest BCUT2D eigenvalue weighted by molar-refractivity contribution is 5.92. The van der Waals surface area contributed by atoms with Gasteiger partial charge in [-0.15, -0.1) is 0 Å². The predicted molar refractivity (Wildman–Crippen MR) is 95.5 cm³/mol. The summed E-state index contributed by atoms with van der Waals surface area (Å²) in [4.78, 5) is 2.27. The van der Waals surface area contributed by atoms with Crippen molar-refractivity contribution in [3.8, 4) is 11.1 Å². The Balaban J connectivity index is 1.79. The number of aromatic nitrogens is 2. The molecular weight excluding hydrogens is 318 g/mol. The van der Waals surface area contributed by atoms with E-state index in [2.05, 4.69) is 21.3 Å². The van der Waals surface area contributed by atoms with E-state index in [-0.39, 0.29) is 6.10 Å². The lowest BCUT2D eigenvalue weighted by molar-refractivity contribution is 0.121. The molecule has 3 aromatic rings. The number of ether oxygens (including phenoxy) is 1. The Morgan fingerprint density at radius 1 is 1.24 bits per heavy atom. The quantitative estimate of drug-likeness (QED) is 0.787. The Morgan fingerprint density at radius 2 is 2.12 bits per heavy atom. The van der Waals surface area contributed by atoms with Crippen molar-refractivity contribution < 1.29 is 14.5 Å². The SMILES string of the molecule is COC1CCN(c2cc(-c3cccc(C(C)O)c3)cc3nonc23)C1. The Morgan fingerprint density at radius 3 is 2.88 bits per heavy atom. The second-order valence-corrected chi connectivity index (χ2v) is 6.52. The Kier molecular flexibility index (Phi) is 4.15. The normalized spacial score (nSPS) is 18.8. The molecule has 1 saturated heterocycles. The van der Waals surface area contributed by atoms with Crippen molar-refractivity contribution in [2.45, 2.75) is 25.6 Å². The molecule has 2 unspecified atom stereocenters. The first-order valence-electron chi connectivity index (χ1n) is 8.48. The van der Waals surface area contributed by atoms with Gasteiger partial charge in [-0.05, 0) is 58.5 Å². The summed E-state index contributed by atoms with van der Waals surface area (Å²) in [5.41, 5.74) is 5.46. The van der Waals surface area contributed by atoms with Crippen LogP contribution in [-0.4, -0.2) is 41.7 Å². The molecule has 1 fully saturated rings. The molecule has 1 aliphatic heterocycles. The van der Waals surface area contributed by atoms with E-state index in [1.165, 1.54) is 0 Å². The predicted octanol–water partition coefficient (Wildman–Crippen LogP) is 3.17. The van der Waals surface area contributed by atoms with Gasteiger partial charge in [-0.2, -0.15) is 0 Å². The lowest BCUT2D eigenvalue weighted by Crippen LogP contribution is -2.22. The van der Waals surface area contributed by atoms with Crippen molar-refractivity contribution >= 4 is 16.7 Å². The number of fused-ring (bicyclic) bond motifs is 1. The lowest BCUT2D eigenvalue weighted by atomic mass is 10.00. The van der Waals surface area contributed by atoms with Crippen LogP contribution in [0.3, 0.4) is 0 Å². The van der Waals surface area contributed by atoms with Gasteiger partial charge in [0, 0.05) is 20.2 Å². The highest BCUT2D eigenvalue weighted by Crippen LogP contribution is 2.34. The average molecular weight is 339 g/mol. The third-order valence-electron chi connectivity index (χ3n) is 4.86. The largest absolute Gasteiger partial charge is 0.389 e. The highest BCUT2D eigenvalue weighted by Gasteiger charge is 2.25. The van der Waals surface area contributed by atoms with Crippen molar-refractivity contribution in [2.24, 2.45) is 0 Å². The summed E-state index contributed by atoms with van der Waals surface area (Å²) >= 11 is 0. The van der Waals surface area contributed by atoms with Crippen LogP contribution in [0.15, 0.2) is 41.0 Å². The van der Waals surface area contributed by atoms with Crippen LogP contribution in [0.1, 0.15) is 25.0 Å². The van der Waals surface area contributed by atoms with Crippen molar-refractivity contribution in [1.29, 1.82) is 0 Å². The smallest absolute Gasteiger partial charge is 0.158 e. The number of benzene rings is 2. The summed E-state index contributed by atoms with van der Waals surface area (Å²) < 4.78 is 10.5. The van der Waals surface area contributed by atoms with Crippen molar-refractivity contribution in [3.05, 3.63) is 42.0 Å². The fourth-order valence-electron chi connectivity index (χ4n) is 3.40. The first-order valence-corrected chi connectivity index (χ1v) is 8.48. The fraction of sp³-hybridized carbons (Fsp3) is 0.368. The third-order valence-corrected chi connectivity index (χ3v) is 4.86. The van der Waals surface area contributed by atoms with E-state index >= 15 is 0 Å². The molecule has 6 nitrogen and oxygen atoms in total. The van der Waals surface area contributed by atoms with Gasteiger partial charge in [0.1, 0.15) is 5.52 Å². The minimum atomic E-state index is -0.502. The standard InChI is InChI=1S/C19H21N3O3/c1-12(23)13-4-3-5-14(8-13)15-9-17-19(21-25-20-17)18(10-15)22-7-6-16(11-22)24-2/h3-5,8-10,12,16,23H,6-7,11H2,1-2H3. The van der Waals surface area contributed by atoms with Crippen molar-refractivity contribution in [3.63, 3.8) is 0 Å². The van der Waals surface area contributed by atoms with Gasteiger partial charge >= 0.3 is 0 Å². The number of methoxy groups -OCH3 is 1. The molecule has 4 rings (SSSR count). The van der Waals surface area contributed by atoms with Gasteiger partial charge in [0.15, 0.2) is 5.52 Å². The summed E-state index contributed by atoms with van der Waals surface area (Å²) in [6.45, 7) is 3.51. The van der Waals surface area contributed by atoms with E-state index in [0.717, 1.165) is 52.9 Å². The molecule has 2 aromatic carbocycles. The van der Waals surface area contributed by atoms with E-state index in [0.29, 0.717) is 0 Å². The number of nitrogens with zero attached hydrogens (tertiary/aromatic N) is 3. The molecule has 0 amide bonds. The zero-order chi connectivity index (χ0) is 17.4. The van der Waals surface area contributed by atoms with Crippen LogP contribution in [0.2, 0.25) is 0 Å². The maximum absolute atomic E-state index is 9.86. The monoisotopic (exact) mass is 339 g/mol. The van der Waals surface area contributed by atoms with Crippen LogP contribution >= 0.6 is 0 Å². The van der Waals surface area contributed by atoms with Crippen LogP contribution in [0.4, 0.5) is 5.69 Å². The average Bonchev–Trinajstić information content (AvgIpc) is 3.30. The van der Waals surface area contributed by atoms with Crippen LogP contribution in [0.25, 0.3) is 22.2 Å². The fourth-order valence-corrected chi connectivity index (χ4v) is 3.40. The molecule has 6 heteroatoms. The van der Waals surface area contributed by atoms with E-state index in [9.17, 15) is 5.11 Å². The Labute approximate surface area is 146 Å². The van der Waals surface area contributed by atoms with Crippen LogP contribution in [-0.2, 0) is 4.74 Å². The summed E-state index contributed by atoms with van der Waals surface area (Å²) in [6.07, 6.45) is 0.723. The lowest BCUT2D eigenvalue weighted by Gasteiger charge is -2.19. The van der Waals surface area contributed by atoms with E-state index in [1.807, 2.05) is 30.3 Å². The molecule has 0 saturated carbocycles. The number of hydrogen-bond donors (Lipinski definition) is 1. The molecule has 25 heavy (non-hydrogen) atoms. The molecule has 0 radical (unpaired) electrons. The van der Waals surface area contributed by atoms with Gasteiger partial charge in [-0.3, -0.25) is 0 Å². The van der Waals surface area contributed by atoms with Gasteiger partial charge < -0.3 is 14.7 Å². The number of anilines is 1. The zero-order valence-corrected chi connectivity index (χ0v) is 14.3. The van der Waals surface area contributed by atoms with E-state index in [4.69, 9.17) is 9.37 Å². The topological polar surface area (TPSA) is 71.6 Å². The molecule has 1 N–H and O–H groups in total. The molecule has 0 bridgehead atoms. The second-order valence-electron chi connectivity index (χ2n) is 6.52. The van der Waals surface area contributed by atoms with Crippen molar-refractivity contribution in [1.82, 2.24) is 10.3 Å². The number of aliphatic hydroxyl groups is 1. The number of hydrogen-bond acceptors (Lipinski definition) is 6. The first-order chi connectivity index (χ1) is 12.2. The summed E-state index contributed by atoms with van der Waals surface area (Å²) in [5, 5.41) is 18.0. The maximum atomic E-state index is 9.86. The van der Waals surface area contributed by atoms with Gasteiger partial charge in [0.2, 0.25) is 0 Å². The van der Waals surface area contributed by atoms with E-state index < -0.39 is 6.10 Å². The summed E-state index contributed by atoms with van der Waals surface area (Å²) in [7, 11) is 1.75. The van der Waals surface area contributed by atoms with Crippen LogP contribution in [0, 0.1) is 0 Å². The minimum absolute atomic E-state index is 0.233. The van der Waals surface area contributed by atoms with Gasteiger partial charge in [-0.25, -0.2) is 4.63 Å². The molecule has 130 valence electrons. The molecule has 2 heterocycles. The van der Waals surface area contributed by atoms with Crippen LogP contribution < -0.4 is 4.90 Å². The number of rotatable bonds is 4. The summed E-state index contributed by atoms with van der Waals surface area (Å²) in [6, 6.07) is 12.0. The highest BCUT2D eigenvalue weighted by atomic mass is 16.6. The van der Waals surface area contributed by atoms with Crippen LogP contribution in [0.5, 0.6) is 0 Å². The van der Waals surface area contributed by atoms with E-state index in [1.54, 1.807) is 14.0 Å². The molecule has 1 aliphatic rings. The molecule has 0 spiro atoms. The van der Waals surface area contributed by atoms with Gasteiger partial charge in [0.05, 0.1) is 17.9 Å². The Hall–Kier alpha value is -2.44. The van der Waals surface area contributed by atoms with Gasteiger partial charge in [0.25, 0.3) is 0 Å². The first kappa shape index (κ1) is 16.1. The molecule has 2 atom stereocenters. The molecular formula is C19H21N3O3. The molecule has 0 aliphatic carbocycles. The maximum Gasteiger partial charge on any atom is 0.158 e. The minimum Gasteiger partial charge on any atom is -0.389 e. The van der Waals surface area contributed by atoms with Crippen molar-refractivity contribution in [2.75, 3.05) is 25.1 Å². The van der Waals surface area contributed by atoms with Gasteiger partial charge in [-0.1, -0.05) is 18.2 Å². The summed E-state index contributed by atoms with van der Waals surface area (Å²) in [5.74, 6) is 0.